The molecule has 0 aliphatic rings. The maximum Gasteiger partial charge on any atom is 0.421 e. The second-order valence-electron chi connectivity index (χ2n) is 3.42. The molecule has 1 aromatic rings. The van der Waals surface area contributed by atoms with Crippen molar-refractivity contribution in [3.63, 3.8) is 0 Å². The summed E-state index contributed by atoms with van der Waals surface area (Å²) in [5.41, 5.74) is -3.96. The quantitative estimate of drug-likeness (QED) is 0.487. The predicted octanol–water partition coefficient (Wildman–Crippen LogP) is 2.89. The van der Waals surface area contributed by atoms with Crippen molar-refractivity contribution in [2.45, 2.75) is 19.0 Å². The highest BCUT2D eigenvalue weighted by molar-refractivity contribution is 5.73. The van der Waals surface area contributed by atoms with Crippen LogP contribution in [0.3, 0.4) is 0 Å². The minimum Gasteiger partial charge on any atom is -0.469 e. The van der Waals surface area contributed by atoms with E-state index in [-0.39, 0.29) is 0 Å². The second-order valence-corrected chi connectivity index (χ2v) is 3.42. The molecule has 0 aliphatic carbocycles. The van der Waals surface area contributed by atoms with Crippen LogP contribution in [0.25, 0.3) is 0 Å². The largest absolute Gasteiger partial charge is 0.469 e. The van der Waals surface area contributed by atoms with Crippen molar-refractivity contribution in [2.24, 2.45) is 0 Å². The van der Waals surface area contributed by atoms with Crippen molar-refractivity contribution >= 4 is 5.97 Å². The van der Waals surface area contributed by atoms with Gasteiger partial charge in [0.1, 0.15) is 11.3 Å². The SMILES string of the molecule is COC(=O)Cc1cc(C(F)F)nc(F)c1C(F)(F)F. The molecule has 1 heterocycles. The summed E-state index contributed by atoms with van der Waals surface area (Å²) >= 11 is 0. The molecule has 1 rings (SSSR count). The molecule has 0 saturated heterocycles. The molecule has 0 fully saturated rings. The molecular formula is C10H7F6NO2. The van der Waals surface area contributed by atoms with Crippen molar-refractivity contribution in [1.29, 1.82) is 0 Å². The molecule has 0 amide bonds. The summed E-state index contributed by atoms with van der Waals surface area (Å²) in [4.78, 5) is 13.5. The first-order valence-electron chi connectivity index (χ1n) is 4.78. The summed E-state index contributed by atoms with van der Waals surface area (Å²) in [7, 11) is 0.904. The van der Waals surface area contributed by atoms with Crippen LogP contribution < -0.4 is 0 Å². The second kappa shape index (κ2) is 5.45. The number of alkyl halides is 5. The van der Waals surface area contributed by atoms with Crippen LogP contribution in [0.4, 0.5) is 26.3 Å². The van der Waals surface area contributed by atoms with Crippen LogP contribution in [0, 0.1) is 5.95 Å². The summed E-state index contributed by atoms with van der Waals surface area (Å²) in [6.07, 6.45) is -9.39. The van der Waals surface area contributed by atoms with Gasteiger partial charge in [-0.25, -0.2) is 13.8 Å². The van der Waals surface area contributed by atoms with Gasteiger partial charge in [0, 0.05) is 0 Å². The van der Waals surface area contributed by atoms with E-state index >= 15 is 0 Å². The first kappa shape index (κ1) is 15.3. The number of esters is 1. The van der Waals surface area contributed by atoms with E-state index in [0.29, 0.717) is 6.07 Å². The van der Waals surface area contributed by atoms with Crippen molar-refractivity contribution in [2.75, 3.05) is 7.11 Å². The molecule has 0 radical (unpaired) electrons. The average Bonchev–Trinajstić information content (AvgIpc) is 2.25. The van der Waals surface area contributed by atoms with Crippen LogP contribution in [0.2, 0.25) is 0 Å². The van der Waals surface area contributed by atoms with E-state index in [2.05, 4.69) is 9.72 Å². The normalized spacial score (nSPS) is 11.8. The Labute approximate surface area is 103 Å². The van der Waals surface area contributed by atoms with Crippen LogP contribution in [-0.2, 0) is 22.1 Å². The first-order chi connectivity index (χ1) is 8.66. The van der Waals surface area contributed by atoms with Crippen molar-refractivity contribution in [1.82, 2.24) is 4.98 Å². The number of aromatic nitrogens is 1. The molecular weight excluding hydrogens is 280 g/mol. The van der Waals surface area contributed by atoms with E-state index in [1.807, 2.05) is 0 Å². The molecule has 0 aromatic carbocycles. The summed E-state index contributed by atoms with van der Waals surface area (Å²) in [6, 6.07) is 0.341. The van der Waals surface area contributed by atoms with Crippen LogP contribution in [0.15, 0.2) is 6.07 Å². The number of ether oxygens (including phenoxy) is 1. The fraction of sp³-hybridized carbons (Fsp3) is 0.400. The van der Waals surface area contributed by atoms with Gasteiger partial charge in [-0.1, -0.05) is 0 Å². The highest BCUT2D eigenvalue weighted by Gasteiger charge is 2.39. The van der Waals surface area contributed by atoms with Crippen molar-refractivity contribution < 1.29 is 35.9 Å². The van der Waals surface area contributed by atoms with Crippen LogP contribution >= 0.6 is 0 Å². The Bertz CT molecular complexity index is 486. The molecule has 19 heavy (non-hydrogen) atoms. The molecule has 0 bridgehead atoms. The number of pyridine rings is 1. The zero-order valence-corrected chi connectivity index (χ0v) is 9.39. The Morgan fingerprint density at radius 1 is 1.42 bits per heavy atom. The van der Waals surface area contributed by atoms with Gasteiger partial charge in [-0.2, -0.15) is 17.6 Å². The van der Waals surface area contributed by atoms with Gasteiger partial charge in [0.2, 0.25) is 5.95 Å². The van der Waals surface area contributed by atoms with Gasteiger partial charge in [-0.05, 0) is 11.6 Å². The van der Waals surface area contributed by atoms with Crippen LogP contribution in [0.1, 0.15) is 23.2 Å². The van der Waals surface area contributed by atoms with E-state index in [0.717, 1.165) is 7.11 Å². The number of hydrogen-bond acceptors (Lipinski definition) is 3. The number of carbonyl (C=O) groups is 1. The predicted molar refractivity (Wildman–Crippen MR) is 49.9 cm³/mol. The average molecular weight is 287 g/mol. The zero-order chi connectivity index (χ0) is 14.8. The summed E-state index contributed by atoms with van der Waals surface area (Å²) in [5, 5.41) is 0. The molecule has 0 N–H and O–H groups in total. The third-order valence-electron chi connectivity index (χ3n) is 2.15. The number of halogens is 6. The van der Waals surface area contributed by atoms with Crippen molar-refractivity contribution in [3.05, 3.63) is 28.8 Å². The Hall–Kier alpha value is -1.80. The van der Waals surface area contributed by atoms with Gasteiger partial charge in [-0.3, -0.25) is 4.79 Å². The number of nitrogens with zero attached hydrogens (tertiary/aromatic N) is 1. The van der Waals surface area contributed by atoms with Crippen LogP contribution in [-0.4, -0.2) is 18.1 Å². The monoisotopic (exact) mass is 287 g/mol. The summed E-state index contributed by atoms with van der Waals surface area (Å²) in [6.45, 7) is 0. The number of hydrogen-bond donors (Lipinski definition) is 0. The maximum atomic E-state index is 13.2. The van der Waals surface area contributed by atoms with Gasteiger partial charge in [-0.15, -0.1) is 0 Å². The number of methoxy groups -OCH3 is 1. The van der Waals surface area contributed by atoms with Gasteiger partial charge >= 0.3 is 12.1 Å². The fourth-order valence-corrected chi connectivity index (χ4v) is 1.36. The van der Waals surface area contributed by atoms with E-state index in [1.54, 1.807) is 0 Å². The van der Waals surface area contributed by atoms with Gasteiger partial charge in [0.25, 0.3) is 6.43 Å². The molecule has 0 spiro atoms. The van der Waals surface area contributed by atoms with Crippen LogP contribution in [0.5, 0.6) is 0 Å². The molecule has 9 heteroatoms. The molecule has 1 aromatic heterocycles. The lowest BCUT2D eigenvalue weighted by molar-refractivity contribution is -0.143. The third-order valence-corrected chi connectivity index (χ3v) is 2.15. The Morgan fingerprint density at radius 2 is 2.00 bits per heavy atom. The van der Waals surface area contributed by atoms with E-state index in [1.165, 1.54) is 0 Å². The standard InChI is InChI=1S/C10H7F6NO2/c1-19-6(18)3-4-2-5(8(11)12)17-9(13)7(4)10(14,15)16/h2,8H,3H2,1H3. The highest BCUT2D eigenvalue weighted by atomic mass is 19.4. The third kappa shape index (κ3) is 3.58. The lowest BCUT2D eigenvalue weighted by Crippen LogP contribution is -2.18. The lowest BCUT2D eigenvalue weighted by atomic mass is 10.0. The molecule has 0 atom stereocenters. The molecule has 106 valence electrons. The van der Waals surface area contributed by atoms with E-state index < -0.39 is 47.8 Å². The Balaban J connectivity index is 3.40. The summed E-state index contributed by atoms with van der Waals surface area (Å²) < 4.78 is 79.8. The molecule has 3 nitrogen and oxygen atoms in total. The van der Waals surface area contributed by atoms with E-state index in [4.69, 9.17) is 0 Å². The van der Waals surface area contributed by atoms with Crippen molar-refractivity contribution in [3.8, 4) is 0 Å². The maximum absolute atomic E-state index is 13.2. The lowest BCUT2D eigenvalue weighted by Gasteiger charge is -2.14. The molecule has 0 aliphatic heterocycles. The van der Waals surface area contributed by atoms with Gasteiger partial charge in [0.05, 0.1) is 13.5 Å². The Morgan fingerprint density at radius 3 is 2.42 bits per heavy atom. The zero-order valence-electron chi connectivity index (χ0n) is 9.39. The number of carbonyl (C=O) groups excluding carboxylic acids is 1. The number of rotatable bonds is 3. The molecule has 0 unspecified atom stereocenters. The van der Waals surface area contributed by atoms with E-state index in [9.17, 15) is 31.1 Å². The van der Waals surface area contributed by atoms with Gasteiger partial charge < -0.3 is 4.74 Å². The topological polar surface area (TPSA) is 39.2 Å². The minimum atomic E-state index is -5.15. The summed E-state index contributed by atoms with van der Waals surface area (Å²) in [5.74, 6) is -3.21. The fourth-order valence-electron chi connectivity index (χ4n) is 1.36. The highest BCUT2D eigenvalue weighted by Crippen LogP contribution is 2.35. The Kier molecular flexibility index (Phi) is 4.38. The first-order valence-corrected chi connectivity index (χ1v) is 4.78. The smallest absolute Gasteiger partial charge is 0.421 e. The minimum absolute atomic E-state index is 0.341. The molecule has 0 saturated carbocycles. The van der Waals surface area contributed by atoms with Gasteiger partial charge in [0.15, 0.2) is 0 Å².